The summed E-state index contributed by atoms with van der Waals surface area (Å²) in [7, 11) is -7.02. The summed E-state index contributed by atoms with van der Waals surface area (Å²) >= 11 is 0. The molecule has 0 aliphatic carbocycles. The van der Waals surface area contributed by atoms with Crippen LogP contribution in [0.2, 0.25) is 0 Å². The van der Waals surface area contributed by atoms with Crippen molar-refractivity contribution in [2.24, 2.45) is 0 Å². The second kappa shape index (κ2) is 6.47. The number of hydrogen-bond acceptors (Lipinski definition) is 4. The molecule has 0 saturated heterocycles. The van der Waals surface area contributed by atoms with Gasteiger partial charge in [-0.25, -0.2) is 17.2 Å². The smallest absolute Gasteiger partial charge is 0.743 e. The molecular weight excluding hydrogens is 367 g/mol. The second-order valence-electron chi connectivity index (χ2n) is 3.39. The Kier molecular flexibility index (Phi) is 6.28. The summed E-state index contributed by atoms with van der Waals surface area (Å²) in [6.45, 7) is 0. The third kappa shape index (κ3) is 3.64. The van der Waals surface area contributed by atoms with Crippen LogP contribution in [0.1, 0.15) is 0 Å². The van der Waals surface area contributed by atoms with Crippen LogP contribution in [0, 0.1) is 23.3 Å². The molecule has 0 aliphatic rings. The van der Waals surface area contributed by atoms with Crippen molar-refractivity contribution >= 4 is 10.1 Å². The zero-order valence-corrected chi connectivity index (χ0v) is 13.0. The van der Waals surface area contributed by atoms with E-state index in [1.54, 1.807) is 0 Å². The topological polar surface area (TPSA) is 66.4 Å². The van der Waals surface area contributed by atoms with Crippen LogP contribution in [0.15, 0.2) is 6.07 Å². The Labute approximate surface area is 139 Å². The normalized spacial score (nSPS) is 12.8. The van der Waals surface area contributed by atoms with Crippen molar-refractivity contribution in [1.82, 2.24) is 0 Å². The Morgan fingerprint density at radius 3 is 1.64 bits per heavy atom. The molecule has 0 unspecified atom stereocenters. The number of hydrogen-bond donors (Lipinski definition) is 0. The standard InChI is InChI=1S/C8H2F8O4S.Na/c9-2-1-3(10)5(12)6(4(2)11)20-7(13,14)8(15,16)21(17,18)19;/h1H,(H,17,18,19);/q;+1/p-1. The predicted octanol–water partition coefficient (Wildman–Crippen LogP) is -0.643. The fourth-order valence-electron chi connectivity index (χ4n) is 0.974. The zero-order chi connectivity index (χ0) is 16.8. The van der Waals surface area contributed by atoms with Gasteiger partial charge in [-0.15, -0.1) is 0 Å². The number of ether oxygens (including phenoxy) is 1. The van der Waals surface area contributed by atoms with Crippen molar-refractivity contribution in [3.8, 4) is 5.75 Å². The van der Waals surface area contributed by atoms with Crippen LogP contribution in [0.5, 0.6) is 5.75 Å². The Balaban J connectivity index is 0.00000441. The van der Waals surface area contributed by atoms with E-state index in [0.29, 0.717) is 0 Å². The van der Waals surface area contributed by atoms with E-state index in [1.807, 2.05) is 0 Å². The summed E-state index contributed by atoms with van der Waals surface area (Å²) in [4.78, 5) is 0. The first-order valence-corrected chi connectivity index (χ1v) is 5.86. The first kappa shape index (κ1) is 21.4. The predicted molar refractivity (Wildman–Crippen MR) is 46.5 cm³/mol. The van der Waals surface area contributed by atoms with Crippen LogP contribution >= 0.6 is 0 Å². The van der Waals surface area contributed by atoms with Crippen LogP contribution in [-0.4, -0.2) is 24.3 Å². The summed E-state index contributed by atoms with van der Waals surface area (Å²) in [5, 5.41) is -6.46. The SMILES string of the molecule is O=S(=O)([O-])C(F)(F)C(F)(F)Oc1c(F)c(F)cc(F)c1F.[Na+]. The molecule has 0 radical (unpaired) electrons. The van der Waals surface area contributed by atoms with Crippen LogP contribution in [0.4, 0.5) is 35.1 Å². The minimum atomic E-state index is -7.02. The maximum atomic E-state index is 12.9. The van der Waals surface area contributed by atoms with E-state index in [1.165, 1.54) is 0 Å². The third-order valence-corrected chi connectivity index (χ3v) is 2.82. The molecule has 1 aromatic carbocycles. The molecular formula is C8HF8NaO4S. The molecule has 0 heterocycles. The second-order valence-corrected chi connectivity index (χ2v) is 4.81. The average Bonchev–Trinajstić information content (AvgIpc) is 2.30. The Morgan fingerprint density at radius 1 is 0.955 bits per heavy atom. The Hall–Kier alpha value is -0.630. The van der Waals surface area contributed by atoms with Crippen molar-refractivity contribution in [2.75, 3.05) is 0 Å². The summed E-state index contributed by atoms with van der Waals surface area (Å²) < 4.78 is 135. The van der Waals surface area contributed by atoms with Gasteiger partial charge in [-0.3, -0.25) is 0 Å². The molecule has 0 spiro atoms. The van der Waals surface area contributed by atoms with Gasteiger partial charge in [0.25, 0.3) is 0 Å². The molecule has 0 fully saturated rings. The first-order valence-electron chi connectivity index (χ1n) is 4.45. The molecule has 0 saturated carbocycles. The number of halogens is 8. The average molecular weight is 368 g/mol. The largest absolute Gasteiger partial charge is 1.00 e. The summed E-state index contributed by atoms with van der Waals surface area (Å²) in [6.07, 6.45) is -6.30. The molecule has 22 heavy (non-hydrogen) atoms. The van der Waals surface area contributed by atoms with E-state index in [2.05, 4.69) is 4.74 Å². The molecule has 0 N–H and O–H groups in total. The van der Waals surface area contributed by atoms with E-state index < -0.39 is 56.6 Å². The summed E-state index contributed by atoms with van der Waals surface area (Å²) in [6, 6.07) is -0.446. The molecule has 0 bridgehead atoms. The summed E-state index contributed by atoms with van der Waals surface area (Å²) in [5.74, 6) is -12.5. The molecule has 120 valence electrons. The molecule has 0 aromatic heterocycles. The van der Waals surface area contributed by atoms with E-state index in [0.717, 1.165) is 0 Å². The van der Waals surface area contributed by atoms with Gasteiger partial charge in [-0.1, -0.05) is 0 Å². The van der Waals surface area contributed by atoms with Crippen LogP contribution in [0.25, 0.3) is 0 Å². The van der Waals surface area contributed by atoms with Gasteiger partial charge in [0.05, 0.1) is 0 Å². The van der Waals surface area contributed by atoms with Gasteiger partial charge < -0.3 is 9.29 Å². The quantitative estimate of drug-likeness (QED) is 0.307. The molecule has 4 nitrogen and oxygen atoms in total. The maximum Gasteiger partial charge on any atom is 1.00 e. The first-order chi connectivity index (χ1) is 9.22. The number of alkyl halides is 4. The van der Waals surface area contributed by atoms with Gasteiger partial charge >= 0.3 is 40.9 Å². The van der Waals surface area contributed by atoms with Crippen LogP contribution < -0.4 is 34.3 Å². The summed E-state index contributed by atoms with van der Waals surface area (Å²) in [5.41, 5.74) is 0. The van der Waals surface area contributed by atoms with Gasteiger partial charge in [0.15, 0.2) is 21.8 Å². The number of benzene rings is 1. The van der Waals surface area contributed by atoms with Gasteiger partial charge in [0.1, 0.15) is 0 Å². The van der Waals surface area contributed by atoms with Crippen molar-refractivity contribution in [2.45, 2.75) is 11.4 Å². The minimum absolute atomic E-state index is 0. The Bertz CT molecular complexity index is 651. The molecule has 14 heteroatoms. The van der Waals surface area contributed by atoms with Gasteiger partial charge in [0.2, 0.25) is 17.4 Å². The fourth-order valence-corrected chi connectivity index (χ4v) is 1.31. The monoisotopic (exact) mass is 368 g/mol. The molecule has 0 atom stereocenters. The Morgan fingerprint density at radius 2 is 1.32 bits per heavy atom. The molecule has 0 aliphatic heterocycles. The number of rotatable bonds is 4. The molecule has 1 rings (SSSR count). The fraction of sp³-hybridized carbons (Fsp3) is 0.250. The van der Waals surface area contributed by atoms with Crippen molar-refractivity contribution in [3.05, 3.63) is 29.3 Å². The minimum Gasteiger partial charge on any atom is -0.743 e. The van der Waals surface area contributed by atoms with E-state index in [-0.39, 0.29) is 29.6 Å². The van der Waals surface area contributed by atoms with Crippen molar-refractivity contribution in [1.29, 1.82) is 0 Å². The van der Waals surface area contributed by atoms with E-state index >= 15 is 0 Å². The van der Waals surface area contributed by atoms with Gasteiger partial charge in [-0.05, 0) is 0 Å². The molecule has 1 aromatic rings. The maximum absolute atomic E-state index is 12.9. The van der Waals surface area contributed by atoms with Gasteiger partial charge in [-0.2, -0.15) is 26.3 Å². The van der Waals surface area contributed by atoms with E-state index in [4.69, 9.17) is 0 Å². The van der Waals surface area contributed by atoms with Crippen molar-refractivity contribution in [3.63, 3.8) is 0 Å². The van der Waals surface area contributed by atoms with Crippen LogP contribution in [0.3, 0.4) is 0 Å². The van der Waals surface area contributed by atoms with Gasteiger partial charge in [0, 0.05) is 6.07 Å². The van der Waals surface area contributed by atoms with Crippen molar-refractivity contribution < 1.29 is 82.4 Å². The molecule has 0 amide bonds. The van der Waals surface area contributed by atoms with E-state index in [9.17, 15) is 48.1 Å². The van der Waals surface area contributed by atoms with Crippen LogP contribution in [-0.2, 0) is 10.1 Å². The third-order valence-electron chi connectivity index (χ3n) is 1.95. The zero-order valence-electron chi connectivity index (χ0n) is 10.1.